The molecule has 1 atom stereocenters. The summed E-state index contributed by atoms with van der Waals surface area (Å²) in [6, 6.07) is 0. The first-order chi connectivity index (χ1) is 5.76. The van der Waals surface area contributed by atoms with E-state index in [0.29, 0.717) is 5.92 Å². The van der Waals surface area contributed by atoms with Crippen LogP contribution in [0.2, 0.25) is 0 Å². The van der Waals surface area contributed by atoms with Crippen LogP contribution in [0.25, 0.3) is 0 Å². The molecule has 0 N–H and O–H groups in total. The second-order valence-corrected chi connectivity index (χ2v) is 3.35. The van der Waals surface area contributed by atoms with Crippen LogP contribution in [-0.4, -0.2) is 33.0 Å². The largest absolute Gasteiger partial charge is 0.355 e. The molecule has 0 amide bonds. The Morgan fingerprint density at radius 3 is 2.42 bits per heavy atom. The summed E-state index contributed by atoms with van der Waals surface area (Å²) in [7, 11) is 4.44. The summed E-state index contributed by atoms with van der Waals surface area (Å²) in [5.41, 5.74) is 0. The van der Waals surface area contributed by atoms with E-state index in [4.69, 9.17) is 9.47 Å². The SMILES string of the molecule is C=PC/C=C/C(C)C(OC)OC. The van der Waals surface area contributed by atoms with Gasteiger partial charge in [-0.05, 0) is 0 Å². The minimum absolute atomic E-state index is 0.136. The Balaban J connectivity index is 3.81. The van der Waals surface area contributed by atoms with Gasteiger partial charge < -0.3 is 9.47 Å². The van der Waals surface area contributed by atoms with E-state index in [-0.39, 0.29) is 6.29 Å². The molecule has 0 bridgehead atoms. The molecule has 0 spiro atoms. The number of ether oxygens (including phenoxy) is 2. The Hall–Kier alpha value is -0.170. The lowest BCUT2D eigenvalue weighted by Gasteiger charge is -2.17. The molecule has 0 saturated carbocycles. The highest BCUT2D eigenvalue weighted by Gasteiger charge is 2.11. The molecule has 0 aromatic carbocycles. The summed E-state index contributed by atoms with van der Waals surface area (Å²) in [5.74, 6) is 0.293. The molecule has 0 aromatic heterocycles. The van der Waals surface area contributed by atoms with Gasteiger partial charge in [0.15, 0.2) is 6.29 Å². The Morgan fingerprint density at radius 2 is 2.00 bits per heavy atom. The first kappa shape index (κ1) is 11.8. The van der Waals surface area contributed by atoms with Crippen LogP contribution >= 0.6 is 8.20 Å². The van der Waals surface area contributed by atoms with Crippen molar-refractivity contribution in [3.05, 3.63) is 12.2 Å². The van der Waals surface area contributed by atoms with Crippen LogP contribution < -0.4 is 0 Å². The summed E-state index contributed by atoms with van der Waals surface area (Å²) in [5, 5.41) is 0. The molecule has 0 saturated heterocycles. The highest BCUT2D eigenvalue weighted by Crippen LogP contribution is 2.09. The van der Waals surface area contributed by atoms with Gasteiger partial charge in [-0.2, -0.15) is 0 Å². The molecule has 0 aliphatic rings. The topological polar surface area (TPSA) is 18.5 Å². The van der Waals surface area contributed by atoms with Gasteiger partial charge in [0.05, 0.1) is 0 Å². The lowest BCUT2D eigenvalue weighted by Crippen LogP contribution is -2.20. The molecule has 0 aliphatic heterocycles. The van der Waals surface area contributed by atoms with Gasteiger partial charge in [0, 0.05) is 26.3 Å². The van der Waals surface area contributed by atoms with Crippen LogP contribution in [0.4, 0.5) is 0 Å². The highest BCUT2D eigenvalue weighted by molar-refractivity contribution is 7.36. The minimum atomic E-state index is -0.136. The van der Waals surface area contributed by atoms with Gasteiger partial charge in [0.25, 0.3) is 0 Å². The summed E-state index contributed by atoms with van der Waals surface area (Å²) in [6.07, 6.45) is 8.77. The van der Waals surface area contributed by atoms with Crippen LogP contribution in [0.5, 0.6) is 0 Å². The zero-order chi connectivity index (χ0) is 9.40. The summed E-state index contributed by atoms with van der Waals surface area (Å²) in [4.78, 5) is 0. The molecule has 2 nitrogen and oxygen atoms in total. The number of allylic oxidation sites excluding steroid dienone is 1. The second kappa shape index (κ2) is 7.48. The van der Waals surface area contributed by atoms with Gasteiger partial charge >= 0.3 is 0 Å². The van der Waals surface area contributed by atoms with Gasteiger partial charge in [-0.25, -0.2) is 0 Å². The van der Waals surface area contributed by atoms with E-state index in [1.807, 2.05) is 0 Å². The number of hydrogen-bond donors (Lipinski definition) is 0. The van der Waals surface area contributed by atoms with Crippen molar-refractivity contribution >= 4 is 14.5 Å². The van der Waals surface area contributed by atoms with Crippen molar-refractivity contribution in [1.29, 1.82) is 0 Å². The van der Waals surface area contributed by atoms with Crippen LogP contribution in [0.1, 0.15) is 6.92 Å². The Kier molecular flexibility index (Phi) is 7.37. The van der Waals surface area contributed by atoms with Crippen molar-refractivity contribution in [2.24, 2.45) is 5.92 Å². The summed E-state index contributed by atoms with van der Waals surface area (Å²) in [6.45, 7) is 2.06. The summed E-state index contributed by atoms with van der Waals surface area (Å²) < 4.78 is 10.2. The van der Waals surface area contributed by atoms with Crippen LogP contribution in [0, 0.1) is 5.92 Å². The molecule has 12 heavy (non-hydrogen) atoms. The maximum atomic E-state index is 5.10. The third kappa shape index (κ3) is 4.66. The molecule has 0 heterocycles. The Bertz CT molecular complexity index is 141. The van der Waals surface area contributed by atoms with Crippen LogP contribution in [-0.2, 0) is 9.47 Å². The zero-order valence-electron chi connectivity index (χ0n) is 7.99. The molecule has 0 aromatic rings. The highest BCUT2D eigenvalue weighted by atomic mass is 31.1. The van der Waals surface area contributed by atoms with Crippen molar-refractivity contribution in [2.45, 2.75) is 13.2 Å². The molecule has 0 radical (unpaired) electrons. The molecule has 0 aliphatic carbocycles. The predicted octanol–water partition coefficient (Wildman–Crippen LogP) is 2.18. The quantitative estimate of drug-likeness (QED) is 0.361. The maximum Gasteiger partial charge on any atom is 0.162 e. The molecule has 0 fully saturated rings. The van der Waals surface area contributed by atoms with E-state index >= 15 is 0 Å². The van der Waals surface area contributed by atoms with E-state index in [2.05, 4.69) is 25.4 Å². The number of rotatable bonds is 6. The molecule has 1 unspecified atom stereocenters. The monoisotopic (exact) mass is 188 g/mol. The van der Waals surface area contributed by atoms with Crippen molar-refractivity contribution < 1.29 is 9.47 Å². The average Bonchev–Trinajstić information content (AvgIpc) is 2.07. The lowest BCUT2D eigenvalue weighted by atomic mass is 10.1. The molecular formula is C9H17O2P. The van der Waals surface area contributed by atoms with Gasteiger partial charge in [-0.1, -0.05) is 25.4 Å². The van der Waals surface area contributed by atoms with Gasteiger partial charge in [0.1, 0.15) is 0 Å². The van der Waals surface area contributed by atoms with E-state index in [0.717, 1.165) is 14.4 Å². The van der Waals surface area contributed by atoms with E-state index < -0.39 is 0 Å². The minimum Gasteiger partial charge on any atom is -0.355 e. The van der Waals surface area contributed by atoms with E-state index in [9.17, 15) is 0 Å². The van der Waals surface area contributed by atoms with Gasteiger partial charge in [0.2, 0.25) is 0 Å². The van der Waals surface area contributed by atoms with E-state index in [1.54, 1.807) is 14.2 Å². The first-order valence-electron chi connectivity index (χ1n) is 3.91. The van der Waals surface area contributed by atoms with Crippen molar-refractivity contribution in [2.75, 3.05) is 20.4 Å². The number of hydrogen-bond acceptors (Lipinski definition) is 2. The lowest BCUT2D eigenvalue weighted by molar-refractivity contribution is -0.122. The second-order valence-electron chi connectivity index (χ2n) is 2.53. The summed E-state index contributed by atoms with van der Waals surface area (Å²) >= 11 is 0. The fraction of sp³-hybridized carbons (Fsp3) is 0.667. The molecule has 0 rings (SSSR count). The average molecular weight is 188 g/mol. The maximum absolute atomic E-state index is 5.10. The standard InChI is InChI=1S/C9H17O2P/c1-8(6-5-7-12-4)9(10-2)11-3/h5-6,8-9H,4,7H2,1-3H3/b6-5+. The Morgan fingerprint density at radius 1 is 1.42 bits per heavy atom. The third-order valence-corrected chi connectivity index (χ3v) is 2.04. The molecule has 3 heteroatoms. The van der Waals surface area contributed by atoms with E-state index in [1.165, 1.54) is 0 Å². The third-order valence-electron chi connectivity index (χ3n) is 1.57. The van der Waals surface area contributed by atoms with Crippen molar-refractivity contribution in [3.63, 3.8) is 0 Å². The van der Waals surface area contributed by atoms with Crippen molar-refractivity contribution in [1.82, 2.24) is 0 Å². The zero-order valence-corrected chi connectivity index (χ0v) is 8.88. The predicted molar refractivity (Wildman–Crippen MR) is 55.0 cm³/mol. The normalized spacial score (nSPS) is 14.7. The van der Waals surface area contributed by atoms with Crippen LogP contribution in [0.15, 0.2) is 12.2 Å². The van der Waals surface area contributed by atoms with Crippen LogP contribution in [0.3, 0.4) is 0 Å². The smallest absolute Gasteiger partial charge is 0.162 e. The fourth-order valence-corrected chi connectivity index (χ4v) is 1.24. The molecular weight excluding hydrogens is 171 g/mol. The van der Waals surface area contributed by atoms with Gasteiger partial charge in [-0.3, -0.25) is 0 Å². The van der Waals surface area contributed by atoms with Gasteiger partial charge in [-0.15, -0.1) is 8.20 Å². The van der Waals surface area contributed by atoms with Crippen molar-refractivity contribution in [3.8, 4) is 0 Å². The molecule has 70 valence electrons. The Labute approximate surface area is 76.4 Å². The fourth-order valence-electron chi connectivity index (χ4n) is 0.966. The number of methoxy groups -OCH3 is 2. The first-order valence-corrected chi connectivity index (χ1v) is 5.17.